The van der Waals surface area contributed by atoms with E-state index in [0.717, 1.165) is 43.5 Å². The third kappa shape index (κ3) is 2.04. The zero-order valence-corrected chi connectivity index (χ0v) is 15.5. The number of nitrogens with zero attached hydrogens (tertiary/aromatic N) is 1. The molecule has 0 bridgehead atoms. The lowest BCUT2D eigenvalue weighted by Gasteiger charge is -2.58. The van der Waals surface area contributed by atoms with Crippen LogP contribution in [0, 0.1) is 39.9 Å². The summed E-state index contributed by atoms with van der Waals surface area (Å²) in [6.07, 6.45) is 12.8. The molecule has 3 heteroatoms. The Hall–Kier alpha value is -1.11. The summed E-state index contributed by atoms with van der Waals surface area (Å²) in [6, 6.07) is 2.51. The van der Waals surface area contributed by atoms with Crippen molar-refractivity contribution < 1.29 is 9.47 Å². The van der Waals surface area contributed by atoms with Gasteiger partial charge in [0.15, 0.2) is 5.79 Å². The Labute approximate surface area is 151 Å². The number of rotatable bonds is 0. The molecule has 0 amide bonds. The Morgan fingerprint density at radius 1 is 1.04 bits per heavy atom. The second kappa shape index (κ2) is 5.21. The highest BCUT2D eigenvalue weighted by molar-refractivity contribution is 5.37. The molecule has 5 rings (SSSR count). The number of nitriles is 1. The van der Waals surface area contributed by atoms with Gasteiger partial charge in [-0.25, -0.2) is 0 Å². The van der Waals surface area contributed by atoms with Crippen LogP contribution in [-0.2, 0) is 9.47 Å². The average Bonchev–Trinajstić information content (AvgIpc) is 3.19. The molecule has 1 saturated heterocycles. The molecule has 3 nitrogen and oxygen atoms in total. The predicted octanol–water partition coefficient (Wildman–Crippen LogP) is 4.75. The Morgan fingerprint density at radius 2 is 1.84 bits per heavy atom. The molecule has 5 aliphatic rings. The van der Waals surface area contributed by atoms with E-state index >= 15 is 0 Å². The van der Waals surface area contributed by atoms with Crippen molar-refractivity contribution in [3.8, 4) is 6.07 Å². The van der Waals surface area contributed by atoms with Gasteiger partial charge in [0, 0.05) is 17.4 Å². The van der Waals surface area contributed by atoms with Gasteiger partial charge in [-0.1, -0.05) is 25.5 Å². The van der Waals surface area contributed by atoms with Gasteiger partial charge in [-0.15, -0.1) is 0 Å². The predicted molar refractivity (Wildman–Crippen MR) is 95.4 cm³/mol. The highest BCUT2D eigenvalue weighted by Crippen LogP contribution is 2.66. The van der Waals surface area contributed by atoms with Crippen molar-refractivity contribution in [2.75, 3.05) is 13.2 Å². The van der Waals surface area contributed by atoms with E-state index in [1.165, 1.54) is 32.1 Å². The number of hydrogen-bond acceptors (Lipinski definition) is 3. The molecular formula is C22H29NO2. The van der Waals surface area contributed by atoms with Crippen LogP contribution in [0.2, 0.25) is 0 Å². The van der Waals surface area contributed by atoms with Crippen LogP contribution in [0.4, 0.5) is 0 Å². The van der Waals surface area contributed by atoms with E-state index < -0.39 is 5.79 Å². The SMILES string of the molecule is C[C@]12CCC3(C=C1CC[C@@H]1[C@@H]2CC[C@]2(C)C(C#N)=CC[C@@H]12)OCCO3. The first-order valence-electron chi connectivity index (χ1n) is 10.1. The standard InChI is InChI=1S/C22H29NO2/c1-20-8-7-19-17(18(20)6-4-16(20)14-23)5-3-15-13-22(24-11-12-25-22)10-9-21(15,19)2/h4,13,17-19H,3,5-12H2,1-2H3/t17-,18-,19-,20+,21-/m0/s1. The smallest absolute Gasteiger partial charge is 0.188 e. The maximum Gasteiger partial charge on any atom is 0.188 e. The first kappa shape index (κ1) is 16.1. The highest BCUT2D eigenvalue weighted by Gasteiger charge is 2.58. The van der Waals surface area contributed by atoms with E-state index in [4.69, 9.17) is 9.47 Å². The summed E-state index contributed by atoms with van der Waals surface area (Å²) in [5.74, 6) is 1.79. The first-order chi connectivity index (χ1) is 12.0. The van der Waals surface area contributed by atoms with E-state index in [1.807, 2.05) is 0 Å². The van der Waals surface area contributed by atoms with Gasteiger partial charge in [0.25, 0.3) is 0 Å². The van der Waals surface area contributed by atoms with Crippen LogP contribution >= 0.6 is 0 Å². The molecular weight excluding hydrogens is 310 g/mol. The van der Waals surface area contributed by atoms with Gasteiger partial charge in [0.1, 0.15) is 0 Å². The van der Waals surface area contributed by atoms with Gasteiger partial charge in [0.05, 0.1) is 19.3 Å². The minimum atomic E-state index is -0.409. The molecule has 0 aromatic rings. The van der Waals surface area contributed by atoms with Crippen molar-refractivity contribution in [3.05, 3.63) is 23.3 Å². The van der Waals surface area contributed by atoms with Crippen molar-refractivity contribution >= 4 is 0 Å². The largest absolute Gasteiger partial charge is 0.344 e. The topological polar surface area (TPSA) is 42.2 Å². The van der Waals surface area contributed by atoms with Gasteiger partial charge < -0.3 is 9.47 Å². The molecule has 1 spiro atoms. The molecule has 3 fully saturated rings. The molecule has 134 valence electrons. The molecule has 25 heavy (non-hydrogen) atoms. The molecule has 4 aliphatic carbocycles. The molecule has 1 aliphatic heterocycles. The molecule has 0 radical (unpaired) electrons. The first-order valence-corrected chi connectivity index (χ1v) is 10.1. The Bertz CT molecular complexity index is 695. The number of hydrogen-bond donors (Lipinski definition) is 0. The molecule has 0 aromatic carbocycles. The number of ether oxygens (including phenoxy) is 2. The molecule has 5 atom stereocenters. The zero-order chi connectivity index (χ0) is 17.3. The van der Waals surface area contributed by atoms with Crippen LogP contribution < -0.4 is 0 Å². The maximum absolute atomic E-state index is 9.57. The quantitative estimate of drug-likeness (QED) is 0.598. The van der Waals surface area contributed by atoms with Gasteiger partial charge in [-0.05, 0) is 67.8 Å². The minimum Gasteiger partial charge on any atom is -0.344 e. The van der Waals surface area contributed by atoms with Crippen LogP contribution in [0.1, 0.15) is 58.8 Å². The Balaban J connectivity index is 1.47. The highest BCUT2D eigenvalue weighted by atomic mass is 16.7. The van der Waals surface area contributed by atoms with E-state index in [1.54, 1.807) is 5.57 Å². The third-order valence-electron chi connectivity index (χ3n) is 8.60. The van der Waals surface area contributed by atoms with Gasteiger partial charge in [0.2, 0.25) is 0 Å². The fraction of sp³-hybridized carbons (Fsp3) is 0.773. The second-order valence-corrected chi connectivity index (χ2v) is 9.43. The Kier molecular flexibility index (Phi) is 3.35. The van der Waals surface area contributed by atoms with E-state index in [2.05, 4.69) is 32.1 Å². The van der Waals surface area contributed by atoms with E-state index in [0.29, 0.717) is 11.3 Å². The van der Waals surface area contributed by atoms with Crippen LogP contribution in [0.3, 0.4) is 0 Å². The van der Waals surface area contributed by atoms with Crippen LogP contribution in [0.25, 0.3) is 0 Å². The van der Waals surface area contributed by atoms with E-state index in [9.17, 15) is 5.26 Å². The van der Waals surface area contributed by atoms with Crippen LogP contribution in [-0.4, -0.2) is 19.0 Å². The molecule has 2 saturated carbocycles. The number of allylic oxidation sites excluding steroid dienone is 3. The molecule has 0 unspecified atom stereocenters. The van der Waals surface area contributed by atoms with Crippen LogP contribution in [0.5, 0.6) is 0 Å². The maximum atomic E-state index is 9.57. The summed E-state index contributed by atoms with van der Waals surface area (Å²) >= 11 is 0. The zero-order valence-electron chi connectivity index (χ0n) is 15.5. The normalized spacial score (nSPS) is 47.3. The summed E-state index contributed by atoms with van der Waals surface area (Å²) in [5.41, 5.74) is 3.11. The van der Waals surface area contributed by atoms with Crippen molar-refractivity contribution in [2.24, 2.45) is 28.6 Å². The third-order valence-corrected chi connectivity index (χ3v) is 8.60. The van der Waals surface area contributed by atoms with Crippen molar-refractivity contribution in [1.82, 2.24) is 0 Å². The lowest BCUT2D eigenvalue weighted by atomic mass is 9.46. The summed E-state index contributed by atoms with van der Waals surface area (Å²) in [7, 11) is 0. The van der Waals surface area contributed by atoms with Crippen molar-refractivity contribution in [3.63, 3.8) is 0 Å². The molecule has 0 aromatic heterocycles. The lowest BCUT2D eigenvalue weighted by Crippen LogP contribution is -2.51. The molecule has 0 N–H and O–H groups in total. The summed E-state index contributed by atoms with van der Waals surface area (Å²) in [4.78, 5) is 0. The second-order valence-electron chi connectivity index (χ2n) is 9.43. The fourth-order valence-corrected chi connectivity index (χ4v) is 7.12. The minimum absolute atomic E-state index is 0.140. The lowest BCUT2D eigenvalue weighted by molar-refractivity contribution is -0.143. The van der Waals surface area contributed by atoms with Gasteiger partial charge in [-0.3, -0.25) is 0 Å². The Morgan fingerprint density at radius 3 is 2.60 bits per heavy atom. The van der Waals surface area contributed by atoms with Gasteiger partial charge >= 0.3 is 0 Å². The van der Waals surface area contributed by atoms with Gasteiger partial charge in [-0.2, -0.15) is 5.26 Å². The summed E-state index contributed by atoms with van der Waals surface area (Å²) in [5, 5.41) is 9.57. The van der Waals surface area contributed by atoms with E-state index in [-0.39, 0.29) is 5.41 Å². The monoisotopic (exact) mass is 339 g/mol. The summed E-state index contributed by atoms with van der Waals surface area (Å²) in [6.45, 7) is 6.33. The molecule has 1 heterocycles. The fourth-order valence-electron chi connectivity index (χ4n) is 7.12. The average molecular weight is 339 g/mol. The van der Waals surface area contributed by atoms with Crippen molar-refractivity contribution in [1.29, 1.82) is 5.26 Å². The van der Waals surface area contributed by atoms with Crippen molar-refractivity contribution in [2.45, 2.75) is 64.6 Å². The van der Waals surface area contributed by atoms with Crippen LogP contribution in [0.15, 0.2) is 23.3 Å². The summed E-state index contributed by atoms with van der Waals surface area (Å²) < 4.78 is 12.0. The number of fused-ring (bicyclic) bond motifs is 5.